The molecule has 1 unspecified atom stereocenters. The summed E-state index contributed by atoms with van der Waals surface area (Å²) in [6.45, 7) is 1.66. The number of rotatable bonds is 5. The van der Waals surface area contributed by atoms with E-state index in [0.717, 1.165) is 16.7 Å². The standard InChI is InChI=1S/C24H17F5O3/c1-14(30)15-2-4-16(5-3-15)17-6-8-19(9-7-17)32-23(31)18-12-21(25)20(22(26)13-18)10-11-24(27,28)29/h2-14,30H,1H3/b11-10+. The summed E-state index contributed by atoms with van der Waals surface area (Å²) in [5.74, 6) is -3.61. The summed E-state index contributed by atoms with van der Waals surface area (Å²) in [6.07, 6.45) is -5.37. The smallest absolute Gasteiger partial charge is 0.409 e. The first-order valence-corrected chi connectivity index (χ1v) is 9.39. The highest BCUT2D eigenvalue weighted by Gasteiger charge is 2.23. The second-order valence-corrected chi connectivity index (χ2v) is 6.94. The van der Waals surface area contributed by atoms with E-state index in [1.54, 1.807) is 31.2 Å². The Kier molecular flexibility index (Phi) is 6.74. The lowest BCUT2D eigenvalue weighted by atomic mass is 10.0. The summed E-state index contributed by atoms with van der Waals surface area (Å²) in [4.78, 5) is 12.2. The normalized spacial score (nSPS) is 12.7. The zero-order chi connectivity index (χ0) is 23.5. The molecule has 0 amide bonds. The van der Waals surface area contributed by atoms with Gasteiger partial charge in [-0.1, -0.05) is 36.4 Å². The largest absolute Gasteiger partial charge is 0.423 e. The van der Waals surface area contributed by atoms with E-state index >= 15 is 0 Å². The molecule has 0 saturated heterocycles. The van der Waals surface area contributed by atoms with Crippen LogP contribution in [0.25, 0.3) is 17.2 Å². The fourth-order valence-electron chi connectivity index (χ4n) is 2.87. The number of carbonyl (C=O) groups is 1. The van der Waals surface area contributed by atoms with E-state index in [4.69, 9.17) is 4.74 Å². The molecular weight excluding hydrogens is 431 g/mol. The molecule has 0 radical (unpaired) electrons. The van der Waals surface area contributed by atoms with Crippen molar-refractivity contribution >= 4 is 12.0 Å². The van der Waals surface area contributed by atoms with E-state index in [1.165, 1.54) is 12.1 Å². The lowest BCUT2D eigenvalue weighted by Crippen LogP contribution is -2.10. The third-order valence-electron chi connectivity index (χ3n) is 4.55. The Balaban J connectivity index is 1.74. The first-order valence-electron chi connectivity index (χ1n) is 9.39. The van der Waals surface area contributed by atoms with Gasteiger partial charge in [-0.15, -0.1) is 0 Å². The van der Waals surface area contributed by atoms with Crippen LogP contribution in [0.15, 0.2) is 66.7 Å². The Morgan fingerprint density at radius 2 is 1.44 bits per heavy atom. The van der Waals surface area contributed by atoms with Gasteiger partial charge in [0.05, 0.1) is 11.7 Å². The third kappa shape index (κ3) is 5.79. The Labute approximate surface area is 180 Å². The molecule has 0 bridgehead atoms. The Morgan fingerprint density at radius 3 is 1.91 bits per heavy atom. The number of allylic oxidation sites excluding steroid dienone is 1. The number of alkyl halides is 3. The first-order chi connectivity index (χ1) is 15.0. The van der Waals surface area contributed by atoms with Gasteiger partial charge in [0.2, 0.25) is 0 Å². The molecule has 3 aromatic carbocycles. The van der Waals surface area contributed by atoms with Crippen LogP contribution in [0.5, 0.6) is 5.75 Å². The summed E-state index contributed by atoms with van der Waals surface area (Å²) in [5, 5.41) is 9.56. The minimum Gasteiger partial charge on any atom is -0.423 e. The number of aliphatic hydroxyl groups excluding tert-OH is 1. The topological polar surface area (TPSA) is 46.5 Å². The zero-order valence-electron chi connectivity index (χ0n) is 16.7. The van der Waals surface area contributed by atoms with E-state index in [-0.39, 0.29) is 17.9 Å². The molecule has 0 aliphatic heterocycles. The van der Waals surface area contributed by atoms with Crippen molar-refractivity contribution in [1.82, 2.24) is 0 Å². The van der Waals surface area contributed by atoms with E-state index in [9.17, 15) is 31.9 Å². The highest BCUT2D eigenvalue weighted by molar-refractivity contribution is 5.91. The minimum atomic E-state index is -4.73. The number of benzene rings is 3. The van der Waals surface area contributed by atoms with Crippen molar-refractivity contribution in [2.45, 2.75) is 19.2 Å². The third-order valence-corrected chi connectivity index (χ3v) is 4.55. The van der Waals surface area contributed by atoms with Crippen LogP contribution in [-0.4, -0.2) is 17.3 Å². The molecule has 0 fully saturated rings. The molecule has 1 atom stereocenters. The van der Waals surface area contributed by atoms with E-state index in [1.807, 2.05) is 12.1 Å². The molecule has 32 heavy (non-hydrogen) atoms. The molecular formula is C24H17F5O3. The number of halogens is 5. The lowest BCUT2D eigenvalue weighted by molar-refractivity contribution is -0.0790. The van der Waals surface area contributed by atoms with Gasteiger partial charge in [0.1, 0.15) is 17.4 Å². The average molecular weight is 448 g/mol. The van der Waals surface area contributed by atoms with Crippen molar-refractivity contribution in [2.75, 3.05) is 0 Å². The van der Waals surface area contributed by atoms with E-state index < -0.39 is 41.0 Å². The van der Waals surface area contributed by atoms with Gasteiger partial charge in [0.25, 0.3) is 0 Å². The number of esters is 1. The van der Waals surface area contributed by atoms with Gasteiger partial charge in [0, 0.05) is 11.6 Å². The summed E-state index contributed by atoms with van der Waals surface area (Å²) in [5.41, 5.74) is 1.03. The van der Waals surface area contributed by atoms with Crippen molar-refractivity contribution < 1.29 is 36.6 Å². The van der Waals surface area contributed by atoms with Crippen LogP contribution in [-0.2, 0) is 0 Å². The van der Waals surface area contributed by atoms with Crippen molar-refractivity contribution in [1.29, 1.82) is 0 Å². The SMILES string of the molecule is CC(O)c1ccc(-c2ccc(OC(=O)c3cc(F)c(/C=C/C(F)(F)F)c(F)c3)cc2)cc1. The van der Waals surface area contributed by atoms with E-state index in [2.05, 4.69) is 0 Å². The van der Waals surface area contributed by atoms with Crippen molar-refractivity contribution in [2.24, 2.45) is 0 Å². The quantitative estimate of drug-likeness (QED) is 0.276. The van der Waals surface area contributed by atoms with Crippen LogP contribution in [0, 0.1) is 11.6 Å². The second kappa shape index (κ2) is 9.32. The summed E-state index contributed by atoms with van der Waals surface area (Å²) >= 11 is 0. The zero-order valence-corrected chi connectivity index (χ0v) is 16.7. The average Bonchev–Trinajstić information content (AvgIpc) is 2.73. The first kappa shape index (κ1) is 23.1. The summed E-state index contributed by atoms with van der Waals surface area (Å²) in [7, 11) is 0. The number of hydrogen-bond acceptors (Lipinski definition) is 3. The molecule has 3 rings (SSSR count). The van der Waals surface area contributed by atoms with Crippen LogP contribution in [0.4, 0.5) is 22.0 Å². The molecule has 3 aromatic rings. The molecule has 0 saturated carbocycles. The van der Waals surface area contributed by atoms with Gasteiger partial charge in [-0.05, 0) is 54.0 Å². The van der Waals surface area contributed by atoms with Crippen molar-refractivity contribution in [3.63, 3.8) is 0 Å². The lowest BCUT2D eigenvalue weighted by Gasteiger charge is -2.09. The predicted molar refractivity (Wildman–Crippen MR) is 109 cm³/mol. The highest BCUT2D eigenvalue weighted by Crippen LogP contribution is 2.26. The molecule has 0 aromatic heterocycles. The van der Waals surface area contributed by atoms with Crippen molar-refractivity contribution in [3.05, 3.63) is 95.1 Å². The van der Waals surface area contributed by atoms with Crippen LogP contribution in [0.3, 0.4) is 0 Å². The van der Waals surface area contributed by atoms with Gasteiger partial charge < -0.3 is 9.84 Å². The van der Waals surface area contributed by atoms with Gasteiger partial charge in [-0.3, -0.25) is 0 Å². The predicted octanol–water partition coefficient (Wildman–Crippen LogP) is 6.48. The second-order valence-electron chi connectivity index (χ2n) is 6.94. The molecule has 3 nitrogen and oxygen atoms in total. The van der Waals surface area contributed by atoms with Crippen molar-refractivity contribution in [3.8, 4) is 16.9 Å². The maximum absolute atomic E-state index is 14.0. The highest BCUT2D eigenvalue weighted by atomic mass is 19.4. The minimum absolute atomic E-state index is 0.112. The molecule has 8 heteroatoms. The number of ether oxygens (including phenoxy) is 1. The molecule has 0 aliphatic rings. The number of hydrogen-bond donors (Lipinski definition) is 1. The summed E-state index contributed by atoms with van der Waals surface area (Å²) < 4.78 is 69.8. The fraction of sp³-hybridized carbons (Fsp3) is 0.125. The Bertz CT molecular complexity index is 1110. The van der Waals surface area contributed by atoms with Gasteiger partial charge in [-0.25, -0.2) is 13.6 Å². The van der Waals surface area contributed by atoms with E-state index in [0.29, 0.717) is 12.1 Å². The van der Waals surface area contributed by atoms with Crippen LogP contribution >= 0.6 is 0 Å². The van der Waals surface area contributed by atoms with Crippen LogP contribution in [0.1, 0.15) is 34.5 Å². The monoisotopic (exact) mass is 448 g/mol. The molecule has 166 valence electrons. The Hall–Kier alpha value is -3.52. The molecule has 0 aliphatic carbocycles. The van der Waals surface area contributed by atoms with Gasteiger partial charge >= 0.3 is 12.1 Å². The maximum Gasteiger partial charge on any atom is 0.409 e. The number of aliphatic hydroxyl groups is 1. The molecule has 1 N–H and O–H groups in total. The van der Waals surface area contributed by atoms with Gasteiger partial charge in [0.15, 0.2) is 0 Å². The summed E-state index contributed by atoms with van der Waals surface area (Å²) in [6, 6.07) is 14.8. The van der Waals surface area contributed by atoms with Crippen LogP contribution < -0.4 is 4.74 Å². The van der Waals surface area contributed by atoms with Crippen LogP contribution in [0.2, 0.25) is 0 Å². The molecule has 0 spiro atoms. The molecule has 0 heterocycles. The Morgan fingerprint density at radius 1 is 0.938 bits per heavy atom. The van der Waals surface area contributed by atoms with Gasteiger partial charge in [-0.2, -0.15) is 13.2 Å². The number of carbonyl (C=O) groups excluding carboxylic acids is 1. The fourth-order valence-corrected chi connectivity index (χ4v) is 2.87. The maximum atomic E-state index is 14.0.